The van der Waals surface area contributed by atoms with E-state index in [4.69, 9.17) is 0 Å². The summed E-state index contributed by atoms with van der Waals surface area (Å²) in [6.07, 6.45) is 1.60. The van der Waals surface area contributed by atoms with Gasteiger partial charge in [-0.15, -0.1) is 0 Å². The van der Waals surface area contributed by atoms with Crippen molar-refractivity contribution in [3.8, 4) is 5.69 Å². The number of rotatable bonds is 3. The summed E-state index contributed by atoms with van der Waals surface area (Å²) in [4.78, 5) is 21.9. The van der Waals surface area contributed by atoms with E-state index in [0.717, 1.165) is 5.69 Å². The minimum atomic E-state index is -0.556. The van der Waals surface area contributed by atoms with Gasteiger partial charge in [0.1, 0.15) is 5.69 Å². The smallest absolute Gasteiger partial charge is 0.337 e. The Labute approximate surface area is 108 Å². The van der Waals surface area contributed by atoms with Gasteiger partial charge in [0.25, 0.3) is 5.69 Å². The first-order valence-electron chi connectivity index (χ1n) is 5.42. The van der Waals surface area contributed by atoms with E-state index >= 15 is 0 Å². The van der Waals surface area contributed by atoms with Crippen LogP contribution in [0.4, 0.5) is 5.69 Å². The molecule has 1 aromatic heterocycles. The Morgan fingerprint density at radius 3 is 2.68 bits per heavy atom. The van der Waals surface area contributed by atoms with Crippen LogP contribution < -0.4 is 0 Å². The number of hydrogen-bond acceptors (Lipinski definition) is 5. The maximum atomic E-state index is 11.5. The highest BCUT2D eigenvalue weighted by Crippen LogP contribution is 2.24. The molecule has 7 heteroatoms. The van der Waals surface area contributed by atoms with Crippen LogP contribution in [0.5, 0.6) is 0 Å². The number of esters is 1. The zero-order valence-corrected chi connectivity index (χ0v) is 10.4. The molecule has 0 spiro atoms. The third-order valence-corrected chi connectivity index (χ3v) is 2.56. The molecular formula is C12H11N3O4. The number of ether oxygens (including phenoxy) is 1. The van der Waals surface area contributed by atoms with Crippen molar-refractivity contribution in [2.75, 3.05) is 7.11 Å². The predicted octanol–water partition coefficient (Wildman–Crippen LogP) is 1.88. The number of nitro groups is 1. The first-order chi connectivity index (χ1) is 9.02. The lowest BCUT2D eigenvalue weighted by Crippen LogP contribution is -2.06. The number of nitrogens with zero attached hydrogens (tertiary/aromatic N) is 3. The lowest BCUT2D eigenvalue weighted by molar-refractivity contribution is -0.384. The van der Waals surface area contributed by atoms with Crippen LogP contribution in [-0.4, -0.2) is 27.8 Å². The van der Waals surface area contributed by atoms with E-state index in [1.165, 1.54) is 30.0 Å². The monoisotopic (exact) mass is 261 g/mol. The zero-order valence-electron chi connectivity index (χ0n) is 10.4. The molecule has 2 aromatic rings. The zero-order chi connectivity index (χ0) is 14.0. The van der Waals surface area contributed by atoms with Gasteiger partial charge in [-0.2, -0.15) is 5.10 Å². The van der Waals surface area contributed by atoms with E-state index in [0.29, 0.717) is 0 Å². The molecule has 2 rings (SSSR count). The number of carbonyl (C=O) groups excluding carboxylic acids is 1. The molecule has 1 heterocycles. The van der Waals surface area contributed by atoms with Gasteiger partial charge in [-0.05, 0) is 25.1 Å². The van der Waals surface area contributed by atoms with Gasteiger partial charge in [0.2, 0.25) is 0 Å². The Hall–Kier alpha value is -2.70. The number of benzene rings is 1. The molecule has 0 aliphatic rings. The fourth-order valence-corrected chi connectivity index (χ4v) is 1.66. The van der Waals surface area contributed by atoms with Gasteiger partial charge >= 0.3 is 5.97 Å². The summed E-state index contributed by atoms with van der Waals surface area (Å²) in [6.45, 7) is 1.77. The maximum absolute atomic E-state index is 11.5. The van der Waals surface area contributed by atoms with Gasteiger partial charge < -0.3 is 4.74 Å². The van der Waals surface area contributed by atoms with Gasteiger partial charge in [-0.3, -0.25) is 10.1 Å². The Morgan fingerprint density at radius 2 is 2.16 bits per heavy atom. The number of aryl methyl sites for hydroxylation is 1. The van der Waals surface area contributed by atoms with E-state index in [2.05, 4.69) is 9.84 Å². The molecule has 0 fully saturated rings. The lowest BCUT2D eigenvalue weighted by atomic mass is 10.1. The van der Waals surface area contributed by atoms with Crippen LogP contribution in [0.15, 0.2) is 30.5 Å². The molecule has 98 valence electrons. The molecule has 19 heavy (non-hydrogen) atoms. The number of nitro benzene ring substituents is 1. The van der Waals surface area contributed by atoms with Gasteiger partial charge in [0.15, 0.2) is 0 Å². The maximum Gasteiger partial charge on any atom is 0.337 e. The fraction of sp³-hybridized carbons (Fsp3) is 0.167. The molecule has 0 saturated carbocycles. The van der Waals surface area contributed by atoms with Crippen molar-refractivity contribution < 1.29 is 14.5 Å². The van der Waals surface area contributed by atoms with Crippen molar-refractivity contribution in [1.29, 1.82) is 0 Å². The fourth-order valence-electron chi connectivity index (χ4n) is 1.66. The van der Waals surface area contributed by atoms with Crippen molar-refractivity contribution in [3.63, 3.8) is 0 Å². The highest BCUT2D eigenvalue weighted by Gasteiger charge is 2.19. The molecule has 0 amide bonds. The van der Waals surface area contributed by atoms with Gasteiger partial charge in [-0.1, -0.05) is 0 Å². The first kappa shape index (κ1) is 12.7. The third-order valence-electron chi connectivity index (χ3n) is 2.56. The van der Waals surface area contributed by atoms with Crippen molar-refractivity contribution in [2.24, 2.45) is 0 Å². The minimum absolute atomic E-state index is 0.129. The summed E-state index contributed by atoms with van der Waals surface area (Å²) in [6, 6.07) is 5.72. The van der Waals surface area contributed by atoms with Crippen molar-refractivity contribution in [2.45, 2.75) is 6.92 Å². The van der Waals surface area contributed by atoms with Crippen LogP contribution in [0, 0.1) is 17.0 Å². The van der Waals surface area contributed by atoms with Crippen LogP contribution >= 0.6 is 0 Å². The van der Waals surface area contributed by atoms with Crippen LogP contribution in [0.1, 0.15) is 16.1 Å². The quantitative estimate of drug-likeness (QED) is 0.478. The average molecular weight is 261 g/mol. The summed E-state index contributed by atoms with van der Waals surface area (Å²) >= 11 is 0. The highest BCUT2D eigenvalue weighted by atomic mass is 16.6. The number of carbonyl (C=O) groups is 1. The van der Waals surface area contributed by atoms with Crippen molar-refractivity contribution in [3.05, 3.63) is 51.8 Å². The predicted molar refractivity (Wildman–Crippen MR) is 66.3 cm³/mol. The number of methoxy groups -OCH3 is 1. The minimum Gasteiger partial charge on any atom is -0.465 e. The molecule has 0 radical (unpaired) electrons. The van der Waals surface area contributed by atoms with Crippen LogP contribution in [0.3, 0.4) is 0 Å². The average Bonchev–Trinajstić information content (AvgIpc) is 2.83. The van der Waals surface area contributed by atoms with E-state index in [1.54, 1.807) is 19.2 Å². The SMILES string of the molecule is COC(=O)c1ccc([N+](=O)[O-])c(-n2ccc(C)n2)c1. The molecule has 0 bridgehead atoms. The van der Waals surface area contributed by atoms with Crippen LogP contribution in [0.2, 0.25) is 0 Å². The summed E-state index contributed by atoms with van der Waals surface area (Å²) in [5, 5.41) is 15.1. The van der Waals surface area contributed by atoms with Crippen LogP contribution in [0.25, 0.3) is 5.69 Å². The lowest BCUT2D eigenvalue weighted by Gasteiger charge is -2.05. The normalized spacial score (nSPS) is 10.2. The Morgan fingerprint density at radius 1 is 1.42 bits per heavy atom. The Kier molecular flexibility index (Phi) is 3.28. The second-order valence-corrected chi connectivity index (χ2v) is 3.85. The van der Waals surface area contributed by atoms with E-state index < -0.39 is 10.9 Å². The Balaban J connectivity index is 2.60. The summed E-state index contributed by atoms with van der Waals surface area (Å²) in [7, 11) is 1.25. The molecular weight excluding hydrogens is 250 g/mol. The van der Waals surface area contributed by atoms with Gasteiger partial charge in [-0.25, -0.2) is 9.48 Å². The molecule has 0 saturated heterocycles. The number of hydrogen-bond donors (Lipinski definition) is 0. The van der Waals surface area contributed by atoms with Crippen molar-refractivity contribution >= 4 is 11.7 Å². The first-order valence-corrected chi connectivity index (χ1v) is 5.42. The van der Waals surface area contributed by atoms with E-state index in [9.17, 15) is 14.9 Å². The third kappa shape index (κ3) is 2.44. The van der Waals surface area contributed by atoms with Gasteiger partial charge in [0, 0.05) is 12.3 Å². The standard InChI is InChI=1S/C12H11N3O4/c1-8-5-6-14(13-8)11-7-9(12(16)19-2)3-4-10(11)15(17)18/h3-7H,1-2H3. The molecule has 0 aliphatic heterocycles. The Bertz CT molecular complexity index is 648. The van der Waals surface area contributed by atoms with E-state index in [1.807, 2.05) is 0 Å². The summed E-state index contributed by atoms with van der Waals surface area (Å²) in [5.74, 6) is -0.556. The molecule has 1 aromatic carbocycles. The topological polar surface area (TPSA) is 87.3 Å². The highest BCUT2D eigenvalue weighted by molar-refractivity contribution is 5.90. The van der Waals surface area contributed by atoms with E-state index in [-0.39, 0.29) is 16.9 Å². The summed E-state index contributed by atoms with van der Waals surface area (Å²) in [5.41, 5.74) is 1.05. The second-order valence-electron chi connectivity index (χ2n) is 3.85. The molecule has 0 unspecified atom stereocenters. The molecule has 0 atom stereocenters. The number of aromatic nitrogens is 2. The summed E-state index contributed by atoms with van der Waals surface area (Å²) < 4.78 is 5.96. The largest absolute Gasteiger partial charge is 0.465 e. The van der Waals surface area contributed by atoms with Crippen LogP contribution in [-0.2, 0) is 4.74 Å². The molecule has 7 nitrogen and oxygen atoms in total. The second kappa shape index (κ2) is 4.89. The van der Waals surface area contributed by atoms with Gasteiger partial charge in [0.05, 0.1) is 23.3 Å². The molecule has 0 N–H and O–H groups in total. The van der Waals surface area contributed by atoms with Crippen molar-refractivity contribution in [1.82, 2.24) is 9.78 Å². The molecule has 0 aliphatic carbocycles.